The summed E-state index contributed by atoms with van der Waals surface area (Å²) in [5.74, 6) is 0.556. The molecule has 0 bridgehead atoms. The van der Waals surface area contributed by atoms with Crippen LogP contribution in [0.4, 0.5) is 0 Å². The first kappa shape index (κ1) is 15.5. The molecule has 1 fully saturated rings. The molecule has 20 heavy (non-hydrogen) atoms. The molecule has 1 aliphatic heterocycles. The van der Waals surface area contributed by atoms with E-state index < -0.39 is 0 Å². The molecule has 3 nitrogen and oxygen atoms in total. The maximum absolute atomic E-state index is 5.68. The van der Waals surface area contributed by atoms with Crippen molar-refractivity contribution >= 4 is 0 Å². The molecule has 112 valence electrons. The highest BCUT2D eigenvalue weighted by Crippen LogP contribution is 2.25. The van der Waals surface area contributed by atoms with Crippen LogP contribution < -0.4 is 5.32 Å². The van der Waals surface area contributed by atoms with Gasteiger partial charge in [0.2, 0.25) is 0 Å². The van der Waals surface area contributed by atoms with Crippen LogP contribution in [0.15, 0.2) is 30.3 Å². The van der Waals surface area contributed by atoms with Crippen molar-refractivity contribution in [3.63, 3.8) is 0 Å². The van der Waals surface area contributed by atoms with Crippen molar-refractivity contribution in [3.8, 4) is 0 Å². The molecular weight excluding hydrogens is 248 g/mol. The lowest BCUT2D eigenvalue weighted by Crippen LogP contribution is -2.41. The predicted molar refractivity (Wildman–Crippen MR) is 83.9 cm³/mol. The molecule has 1 N–H and O–H groups in total. The largest absolute Gasteiger partial charge is 0.377 e. The van der Waals surface area contributed by atoms with Crippen LogP contribution in [-0.4, -0.2) is 44.3 Å². The molecule has 3 heteroatoms. The molecule has 1 saturated heterocycles. The Morgan fingerprint density at radius 1 is 1.35 bits per heavy atom. The summed E-state index contributed by atoms with van der Waals surface area (Å²) in [5.41, 5.74) is 1.37. The first-order chi connectivity index (χ1) is 9.63. The number of nitrogens with zero attached hydrogens (tertiary/aromatic N) is 1. The van der Waals surface area contributed by atoms with Crippen molar-refractivity contribution in [2.45, 2.75) is 38.5 Å². The Bertz CT molecular complexity index is 395. The van der Waals surface area contributed by atoms with Gasteiger partial charge in [-0.2, -0.15) is 0 Å². The van der Waals surface area contributed by atoms with E-state index in [1.54, 1.807) is 0 Å². The third kappa shape index (κ3) is 3.60. The standard InChI is InChI=1S/C17H28N2O/c1-13(12-19(4)16-10-11-20-14(16)2)17(18-3)15-8-6-5-7-9-15/h5-9,13-14,16-18H,10-12H2,1-4H3. The van der Waals surface area contributed by atoms with Crippen LogP contribution in [0, 0.1) is 5.92 Å². The third-order valence-electron chi connectivity index (χ3n) is 4.52. The smallest absolute Gasteiger partial charge is 0.0702 e. The van der Waals surface area contributed by atoms with Gasteiger partial charge < -0.3 is 15.0 Å². The van der Waals surface area contributed by atoms with Crippen molar-refractivity contribution < 1.29 is 4.74 Å². The van der Waals surface area contributed by atoms with E-state index in [0.29, 0.717) is 24.1 Å². The van der Waals surface area contributed by atoms with Gasteiger partial charge in [0.05, 0.1) is 6.10 Å². The number of hydrogen-bond donors (Lipinski definition) is 1. The zero-order chi connectivity index (χ0) is 14.5. The highest BCUT2D eigenvalue weighted by molar-refractivity contribution is 5.19. The second-order valence-electron chi connectivity index (χ2n) is 6.03. The minimum Gasteiger partial charge on any atom is -0.377 e. The summed E-state index contributed by atoms with van der Waals surface area (Å²) in [6, 6.07) is 11.7. The lowest BCUT2D eigenvalue weighted by molar-refractivity contribution is 0.0767. The number of hydrogen-bond acceptors (Lipinski definition) is 3. The van der Waals surface area contributed by atoms with E-state index in [1.165, 1.54) is 5.56 Å². The molecule has 0 radical (unpaired) electrons. The fourth-order valence-electron chi connectivity index (χ4n) is 3.43. The van der Waals surface area contributed by atoms with Gasteiger partial charge in [0.1, 0.15) is 0 Å². The summed E-state index contributed by atoms with van der Waals surface area (Å²) < 4.78 is 5.68. The highest BCUT2D eigenvalue weighted by atomic mass is 16.5. The molecular formula is C17H28N2O. The molecule has 4 atom stereocenters. The van der Waals surface area contributed by atoms with Gasteiger partial charge in [-0.05, 0) is 38.9 Å². The van der Waals surface area contributed by atoms with Gasteiger partial charge >= 0.3 is 0 Å². The Hall–Kier alpha value is -0.900. The average molecular weight is 276 g/mol. The van der Waals surface area contributed by atoms with Crippen LogP contribution in [0.3, 0.4) is 0 Å². The Morgan fingerprint density at radius 2 is 2.05 bits per heavy atom. The zero-order valence-electron chi connectivity index (χ0n) is 13.2. The van der Waals surface area contributed by atoms with Gasteiger partial charge in [-0.15, -0.1) is 0 Å². The van der Waals surface area contributed by atoms with Crippen LogP contribution in [0.1, 0.15) is 31.9 Å². The van der Waals surface area contributed by atoms with Crippen molar-refractivity contribution in [2.24, 2.45) is 5.92 Å². The molecule has 0 saturated carbocycles. The van der Waals surface area contributed by atoms with Crippen LogP contribution in [0.5, 0.6) is 0 Å². The molecule has 1 heterocycles. The number of ether oxygens (including phenoxy) is 1. The van der Waals surface area contributed by atoms with E-state index in [9.17, 15) is 0 Å². The third-order valence-corrected chi connectivity index (χ3v) is 4.52. The van der Waals surface area contributed by atoms with Gasteiger partial charge in [0.15, 0.2) is 0 Å². The van der Waals surface area contributed by atoms with Gasteiger partial charge in [-0.3, -0.25) is 0 Å². The van der Waals surface area contributed by atoms with Crippen molar-refractivity contribution in [1.29, 1.82) is 0 Å². The molecule has 1 aromatic rings. The summed E-state index contributed by atoms with van der Waals surface area (Å²) in [6.07, 6.45) is 1.51. The molecule has 4 unspecified atom stereocenters. The Kier molecular flexibility index (Phi) is 5.58. The fourth-order valence-corrected chi connectivity index (χ4v) is 3.43. The minimum absolute atomic E-state index is 0.358. The second-order valence-corrected chi connectivity index (χ2v) is 6.03. The van der Waals surface area contributed by atoms with Crippen molar-refractivity contribution in [1.82, 2.24) is 10.2 Å². The SMILES string of the molecule is CNC(c1ccccc1)C(C)CN(C)C1CCOC1C. The van der Waals surface area contributed by atoms with Gasteiger partial charge in [-0.1, -0.05) is 37.3 Å². The fraction of sp³-hybridized carbons (Fsp3) is 0.647. The van der Waals surface area contributed by atoms with Crippen LogP contribution in [0.2, 0.25) is 0 Å². The Labute approximate surface area is 123 Å². The molecule has 0 amide bonds. The lowest BCUT2D eigenvalue weighted by Gasteiger charge is -2.32. The van der Waals surface area contributed by atoms with E-state index in [1.807, 2.05) is 0 Å². The number of rotatable bonds is 6. The maximum Gasteiger partial charge on any atom is 0.0702 e. The van der Waals surface area contributed by atoms with Crippen LogP contribution in [0.25, 0.3) is 0 Å². The van der Waals surface area contributed by atoms with E-state index in [4.69, 9.17) is 4.74 Å². The van der Waals surface area contributed by atoms with E-state index in [2.05, 4.69) is 68.5 Å². The average Bonchev–Trinajstić information content (AvgIpc) is 2.87. The highest BCUT2D eigenvalue weighted by Gasteiger charge is 2.29. The first-order valence-electron chi connectivity index (χ1n) is 7.67. The Balaban J connectivity index is 1.97. The molecule has 0 aromatic heterocycles. The monoisotopic (exact) mass is 276 g/mol. The van der Waals surface area contributed by atoms with Gasteiger partial charge in [0, 0.05) is 25.2 Å². The number of benzene rings is 1. The Morgan fingerprint density at radius 3 is 2.60 bits per heavy atom. The summed E-state index contributed by atoms with van der Waals surface area (Å²) in [4.78, 5) is 2.47. The zero-order valence-corrected chi connectivity index (χ0v) is 13.2. The van der Waals surface area contributed by atoms with Crippen LogP contribution >= 0.6 is 0 Å². The van der Waals surface area contributed by atoms with Crippen LogP contribution in [-0.2, 0) is 4.74 Å². The van der Waals surface area contributed by atoms with E-state index >= 15 is 0 Å². The maximum atomic E-state index is 5.68. The van der Waals surface area contributed by atoms with Crippen molar-refractivity contribution in [2.75, 3.05) is 27.2 Å². The molecule has 1 aromatic carbocycles. The minimum atomic E-state index is 0.358. The molecule has 2 rings (SSSR count). The summed E-state index contributed by atoms with van der Waals surface area (Å²) in [5, 5.41) is 3.47. The lowest BCUT2D eigenvalue weighted by atomic mass is 9.93. The summed E-state index contributed by atoms with van der Waals surface area (Å²) in [7, 11) is 4.28. The topological polar surface area (TPSA) is 24.5 Å². The molecule has 0 spiro atoms. The molecule has 1 aliphatic rings. The summed E-state index contributed by atoms with van der Waals surface area (Å²) >= 11 is 0. The number of likely N-dealkylation sites (N-methyl/N-ethyl adjacent to an activating group) is 1. The molecule has 0 aliphatic carbocycles. The summed E-state index contributed by atoms with van der Waals surface area (Å²) in [6.45, 7) is 6.49. The van der Waals surface area contributed by atoms with E-state index in [-0.39, 0.29) is 0 Å². The van der Waals surface area contributed by atoms with Gasteiger partial charge in [-0.25, -0.2) is 0 Å². The van der Waals surface area contributed by atoms with Crippen molar-refractivity contribution in [3.05, 3.63) is 35.9 Å². The van der Waals surface area contributed by atoms with Gasteiger partial charge in [0.25, 0.3) is 0 Å². The van der Waals surface area contributed by atoms with E-state index in [0.717, 1.165) is 19.6 Å². The quantitative estimate of drug-likeness (QED) is 0.864. The second kappa shape index (κ2) is 7.21. The first-order valence-corrected chi connectivity index (χ1v) is 7.67. The predicted octanol–water partition coefficient (Wildman–Crippen LogP) is 2.69. The number of nitrogens with one attached hydrogen (secondary N) is 1. The normalized spacial score (nSPS) is 25.9.